The zero-order valence-corrected chi connectivity index (χ0v) is 8.63. The summed E-state index contributed by atoms with van der Waals surface area (Å²) in [6.45, 7) is 6.44. The summed E-state index contributed by atoms with van der Waals surface area (Å²) in [6.07, 6.45) is 2.88. The fraction of sp³-hybridized carbons (Fsp3) is 0.900. The van der Waals surface area contributed by atoms with Gasteiger partial charge in [-0.2, -0.15) is 0 Å². The second-order valence-electron chi connectivity index (χ2n) is 4.91. The molecule has 0 spiro atoms. The van der Waals surface area contributed by atoms with Crippen molar-refractivity contribution in [2.24, 2.45) is 5.41 Å². The topological polar surface area (TPSA) is 49.3 Å². The van der Waals surface area contributed by atoms with Gasteiger partial charge in [-0.3, -0.25) is 4.79 Å². The fourth-order valence-corrected chi connectivity index (χ4v) is 1.81. The van der Waals surface area contributed by atoms with Crippen molar-refractivity contribution in [3.63, 3.8) is 0 Å². The Bertz CT molecular complexity index is 196. The van der Waals surface area contributed by atoms with Gasteiger partial charge in [-0.25, -0.2) is 0 Å². The molecule has 0 aromatic carbocycles. The monoisotopic (exact) mass is 185 g/mol. The summed E-state index contributed by atoms with van der Waals surface area (Å²) < 4.78 is 0. The van der Waals surface area contributed by atoms with E-state index >= 15 is 0 Å². The molecule has 76 valence electrons. The van der Waals surface area contributed by atoms with Crippen molar-refractivity contribution in [2.45, 2.75) is 52.1 Å². The minimum Gasteiger partial charge on any atom is -0.480 e. The van der Waals surface area contributed by atoms with Crippen LogP contribution in [0.1, 0.15) is 40.0 Å². The van der Waals surface area contributed by atoms with E-state index in [0.29, 0.717) is 6.04 Å². The Kier molecular flexibility index (Phi) is 2.96. The van der Waals surface area contributed by atoms with Crippen LogP contribution >= 0.6 is 0 Å². The zero-order valence-electron chi connectivity index (χ0n) is 8.63. The molecule has 1 aliphatic heterocycles. The van der Waals surface area contributed by atoms with Crippen LogP contribution in [0.25, 0.3) is 0 Å². The molecule has 0 aromatic heterocycles. The predicted octanol–water partition coefficient (Wildman–Crippen LogP) is 1.63. The standard InChI is InChI=1S/C10H19NO2/c1-10(2,3)8-6-4-5-7(11-8)9(12)13/h7-8,11H,4-6H2,1-3H3,(H,12,13)/t7-,8+/m0/s1. The molecule has 0 unspecified atom stereocenters. The van der Waals surface area contributed by atoms with Crippen molar-refractivity contribution in [1.29, 1.82) is 0 Å². The first kappa shape index (κ1) is 10.5. The Balaban J connectivity index is 2.57. The summed E-state index contributed by atoms with van der Waals surface area (Å²) in [6, 6.07) is 0.000301. The number of piperidine rings is 1. The molecular formula is C10H19NO2. The van der Waals surface area contributed by atoms with Gasteiger partial charge in [0.25, 0.3) is 0 Å². The van der Waals surface area contributed by atoms with Gasteiger partial charge in [0.1, 0.15) is 6.04 Å². The Labute approximate surface area is 79.5 Å². The maximum atomic E-state index is 10.8. The third kappa shape index (κ3) is 2.69. The largest absolute Gasteiger partial charge is 0.480 e. The van der Waals surface area contributed by atoms with Crippen molar-refractivity contribution in [1.82, 2.24) is 5.32 Å². The number of aliphatic carboxylic acids is 1. The third-order valence-corrected chi connectivity index (χ3v) is 2.73. The molecule has 1 rings (SSSR count). The van der Waals surface area contributed by atoms with Gasteiger partial charge < -0.3 is 10.4 Å². The number of hydrogen-bond acceptors (Lipinski definition) is 2. The van der Waals surface area contributed by atoms with Crippen molar-refractivity contribution >= 4 is 5.97 Å². The van der Waals surface area contributed by atoms with Gasteiger partial charge in [-0.05, 0) is 24.7 Å². The summed E-state index contributed by atoms with van der Waals surface area (Å²) in [7, 11) is 0. The number of carbonyl (C=O) groups is 1. The minimum absolute atomic E-state index is 0.161. The SMILES string of the molecule is CC(C)(C)[C@H]1CCC[C@@H](C(=O)O)N1. The highest BCUT2D eigenvalue weighted by Gasteiger charge is 2.32. The smallest absolute Gasteiger partial charge is 0.320 e. The van der Waals surface area contributed by atoms with Crippen molar-refractivity contribution in [3.05, 3.63) is 0 Å². The Morgan fingerprint density at radius 3 is 2.46 bits per heavy atom. The van der Waals surface area contributed by atoms with Crippen LogP contribution in [0.5, 0.6) is 0 Å². The van der Waals surface area contributed by atoms with E-state index in [9.17, 15) is 4.79 Å². The molecule has 1 fully saturated rings. The van der Waals surface area contributed by atoms with Gasteiger partial charge in [-0.1, -0.05) is 20.8 Å². The Hall–Kier alpha value is -0.570. The average molecular weight is 185 g/mol. The molecular weight excluding hydrogens is 166 g/mol. The lowest BCUT2D eigenvalue weighted by Crippen LogP contribution is -2.51. The maximum absolute atomic E-state index is 10.8. The van der Waals surface area contributed by atoms with Crippen LogP contribution in [-0.2, 0) is 4.79 Å². The first-order valence-corrected chi connectivity index (χ1v) is 4.90. The molecule has 2 atom stereocenters. The lowest BCUT2D eigenvalue weighted by Gasteiger charge is -2.37. The molecule has 13 heavy (non-hydrogen) atoms. The second kappa shape index (κ2) is 3.66. The van der Waals surface area contributed by atoms with Gasteiger partial charge in [-0.15, -0.1) is 0 Å². The molecule has 2 N–H and O–H groups in total. The van der Waals surface area contributed by atoms with E-state index < -0.39 is 5.97 Å². The number of hydrogen-bond donors (Lipinski definition) is 2. The van der Waals surface area contributed by atoms with E-state index in [2.05, 4.69) is 26.1 Å². The molecule has 3 nitrogen and oxygen atoms in total. The van der Waals surface area contributed by atoms with Crippen LogP contribution in [0, 0.1) is 5.41 Å². The van der Waals surface area contributed by atoms with E-state index in [1.165, 1.54) is 0 Å². The van der Waals surface area contributed by atoms with E-state index in [-0.39, 0.29) is 11.5 Å². The summed E-state index contributed by atoms with van der Waals surface area (Å²) in [5.41, 5.74) is 0.161. The van der Waals surface area contributed by atoms with Crippen molar-refractivity contribution < 1.29 is 9.90 Å². The van der Waals surface area contributed by atoms with Crippen LogP contribution in [0.15, 0.2) is 0 Å². The van der Waals surface area contributed by atoms with E-state index in [0.717, 1.165) is 19.3 Å². The zero-order chi connectivity index (χ0) is 10.1. The van der Waals surface area contributed by atoms with Crippen molar-refractivity contribution in [2.75, 3.05) is 0 Å². The molecule has 1 heterocycles. The predicted molar refractivity (Wildman–Crippen MR) is 51.7 cm³/mol. The maximum Gasteiger partial charge on any atom is 0.320 e. The van der Waals surface area contributed by atoms with E-state index in [4.69, 9.17) is 5.11 Å². The molecule has 3 heteroatoms. The number of nitrogens with one attached hydrogen (secondary N) is 1. The molecule has 0 aromatic rings. The van der Waals surface area contributed by atoms with E-state index in [1.54, 1.807) is 0 Å². The van der Waals surface area contributed by atoms with Gasteiger partial charge in [0.15, 0.2) is 0 Å². The molecule has 0 saturated carbocycles. The quantitative estimate of drug-likeness (QED) is 0.652. The highest BCUT2D eigenvalue weighted by Crippen LogP contribution is 2.27. The van der Waals surface area contributed by atoms with Crippen molar-refractivity contribution in [3.8, 4) is 0 Å². The molecule has 0 amide bonds. The average Bonchev–Trinajstić information content (AvgIpc) is 2.03. The third-order valence-electron chi connectivity index (χ3n) is 2.73. The lowest BCUT2D eigenvalue weighted by atomic mass is 9.80. The van der Waals surface area contributed by atoms with Crippen LogP contribution in [0.2, 0.25) is 0 Å². The first-order chi connectivity index (χ1) is 5.91. The summed E-state index contributed by atoms with van der Waals surface area (Å²) in [4.78, 5) is 10.8. The van der Waals surface area contributed by atoms with Crippen LogP contribution in [0.4, 0.5) is 0 Å². The van der Waals surface area contributed by atoms with Gasteiger partial charge >= 0.3 is 5.97 Å². The second-order valence-corrected chi connectivity index (χ2v) is 4.91. The fourth-order valence-electron chi connectivity index (χ4n) is 1.81. The van der Waals surface area contributed by atoms with E-state index in [1.807, 2.05) is 0 Å². The first-order valence-electron chi connectivity index (χ1n) is 4.90. The number of carboxylic acids is 1. The lowest BCUT2D eigenvalue weighted by molar-refractivity contribution is -0.140. The molecule has 0 radical (unpaired) electrons. The summed E-state index contributed by atoms with van der Waals surface area (Å²) in [5.74, 6) is -0.714. The Morgan fingerprint density at radius 2 is 2.00 bits per heavy atom. The van der Waals surface area contributed by atoms with Gasteiger partial charge in [0.05, 0.1) is 0 Å². The van der Waals surface area contributed by atoms with Gasteiger partial charge in [0.2, 0.25) is 0 Å². The normalized spacial score (nSPS) is 30.1. The summed E-state index contributed by atoms with van der Waals surface area (Å²) in [5, 5.41) is 12.1. The van der Waals surface area contributed by atoms with Crippen LogP contribution in [-0.4, -0.2) is 23.2 Å². The van der Waals surface area contributed by atoms with Crippen LogP contribution < -0.4 is 5.32 Å². The number of carboxylic acid groups (broad SMARTS) is 1. The van der Waals surface area contributed by atoms with Gasteiger partial charge in [0, 0.05) is 6.04 Å². The Morgan fingerprint density at radius 1 is 1.38 bits per heavy atom. The molecule has 1 saturated heterocycles. The highest BCUT2D eigenvalue weighted by atomic mass is 16.4. The molecule has 0 aliphatic carbocycles. The molecule has 0 bridgehead atoms. The number of rotatable bonds is 1. The van der Waals surface area contributed by atoms with Crippen LogP contribution in [0.3, 0.4) is 0 Å². The minimum atomic E-state index is -0.714. The highest BCUT2D eigenvalue weighted by molar-refractivity contribution is 5.73. The molecule has 1 aliphatic rings. The summed E-state index contributed by atoms with van der Waals surface area (Å²) >= 11 is 0.